The van der Waals surface area contributed by atoms with Crippen LogP contribution in [-0.4, -0.2) is 22.6 Å². The number of imidazole rings is 1. The Morgan fingerprint density at radius 3 is 2.89 bits per heavy atom. The molecule has 4 heteroatoms. The molecule has 2 rings (SSSR count). The average molecular weight is 247 g/mol. The Morgan fingerprint density at radius 2 is 2.11 bits per heavy atom. The van der Waals surface area contributed by atoms with E-state index in [-0.39, 0.29) is 5.82 Å². The molecule has 0 aliphatic carbocycles. The van der Waals surface area contributed by atoms with Gasteiger partial charge in [0.2, 0.25) is 0 Å². The highest BCUT2D eigenvalue weighted by Gasteiger charge is 1.99. The van der Waals surface area contributed by atoms with Crippen LogP contribution in [0.25, 0.3) is 0 Å². The Hall–Kier alpha value is -1.68. The van der Waals surface area contributed by atoms with Gasteiger partial charge in [0.05, 0.1) is 6.33 Å². The molecule has 0 aliphatic heterocycles. The Balaban J connectivity index is 1.58. The summed E-state index contributed by atoms with van der Waals surface area (Å²) in [5.41, 5.74) is 0.777. The third-order valence-corrected chi connectivity index (χ3v) is 2.86. The van der Waals surface area contributed by atoms with Gasteiger partial charge in [-0.25, -0.2) is 9.37 Å². The lowest BCUT2D eigenvalue weighted by molar-refractivity contribution is 0.569. The van der Waals surface area contributed by atoms with Crippen LogP contribution in [-0.2, 0) is 13.0 Å². The normalized spacial score (nSPS) is 10.7. The lowest BCUT2D eigenvalue weighted by Crippen LogP contribution is -2.20. The van der Waals surface area contributed by atoms with Gasteiger partial charge in [-0.15, -0.1) is 0 Å². The van der Waals surface area contributed by atoms with Gasteiger partial charge in [-0.05, 0) is 37.6 Å². The van der Waals surface area contributed by atoms with Crippen molar-refractivity contribution >= 4 is 0 Å². The molecular weight excluding hydrogens is 229 g/mol. The molecule has 1 N–H and O–H groups in total. The van der Waals surface area contributed by atoms with Gasteiger partial charge in [0.15, 0.2) is 0 Å². The minimum absolute atomic E-state index is 0.113. The smallest absolute Gasteiger partial charge is 0.126 e. The molecule has 1 aromatic heterocycles. The fourth-order valence-electron chi connectivity index (χ4n) is 1.85. The summed E-state index contributed by atoms with van der Waals surface area (Å²) < 4.78 is 15.4. The highest BCUT2D eigenvalue weighted by Crippen LogP contribution is 2.06. The minimum atomic E-state index is -0.113. The molecule has 0 spiro atoms. The van der Waals surface area contributed by atoms with Crippen molar-refractivity contribution < 1.29 is 4.39 Å². The summed E-state index contributed by atoms with van der Waals surface area (Å²) in [5, 5.41) is 3.32. The number of aryl methyl sites for hydroxylation is 1. The van der Waals surface area contributed by atoms with Gasteiger partial charge in [-0.3, -0.25) is 0 Å². The van der Waals surface area contributed by atoms with E-state index in [1.54, 1.807) is 12.3 Å². The number of nitrogens with one attached hydrogen (secondary N) is 1. The number of hydrogen-bond donors (Lipinski definition) is 1. The van der Waals surface area contributed by atoms with Crippen LogP contribution in [0.2, 0.25) is 0 Å². The van der Waals surface area contributed by atoms with E-state index >= 15 is 0 Å². The van der Waals surface area contributed by atoms with Gasteiger partial charge in [0, 0.05) is 18.9 Å². The predicted octanol–water partition coefficient (Wildman–Crippen LogP) is 2.24. The molecule has 1 heterocycles. The second-order valence-corrected chi connectivity index (χ2v) is 4.25. The first-order chi connectivity index (χ1) is 8.86. The number of aromatic nitrogens is 2. The average Bonchev–Trinajstić information content (AvgIpc) is 2.89. The molecule has 96 valence electrons. The second-order valence-electron chi connectivity index (χ2n) is 4.25. The van der Waals surface area contributed by atoms with Gasteiger partial charge < -0.3 is 9.88 Å². The van der Waals surface area contributed by atoms with Crippen molar-refractivity contribution in [2.75, 3.05) is 13.1 Å². The first kappa shape index (κ1) is 12.8. The van der Waals surface area contributed by atoms with E-state index in [4.69, 9.17) is 0 Å². The van der Waals surface area contributed by atoms with Crippen molar-refractivity contribution in [2.45, 2.75) is 19.4 Å². The zero-order valence-corrected chi connectivity index (χ0v) is 10.3. The van der Waals surface area contributed by atoms with Crippen molar-refractivity contribution in [1.29, 1.82) is 0 Å². The quantitative estimate of drug-likeness (QED) is 0.760. The van der Waals surface area contributed by atoms with E-state index in [1.165, 1.54) is 6.07 Å². The van der Waals surface area contributed by atoms with Crippen molar-refractivity contribution in [2.24, 2.45) is 0 Å². The van der Waals surface area contributed by atoms with E-state index in [0.29, 0.717) is 0 Å². The molecule has 0 amide bonds. The third kappa shape index (κ3) is 3.96. The largest absolute Gasteiger partial charge is 0.337 e. The van der Waals surface area contributed by atoms with Gasteiger partial charge in [0.1, 0.15) is 5.82 Å². The summed E-state index contributed by atoms with van der Waals surface area (Å²) in [6, 6.07) is 6.94. The summed E-state index contributed by atoms with van der Waals surface area (Å²) in [5.74, 6) is -0.113. The predicted molar refractivity (Wildman–Crippen MR) is 69.8 cm³/mol. The van der Waals surface area contributed by atoms with Gasteiger partial charge in [-0.2, -0.15) is 0 Å². The van der Waals surface area contributed by atoms with Crippen LogP contribution >= 0.6 is 0 Å². The summed E-state index contributed by atoms with van der Waals surface area (Å²) in [6.45, 7) is 2.71. The van der Waals surface area contributed by atoms with E-state index in [1.807, 2.05) is 24.7 Å². The molecule has 0 saturated carbocycles. The van der Waals surface area contributed by atoms with Crippen molar-refractivity contribution in [3.63, 3.8) is 0 Å². The first-order valence-electron chi connectivity index (χ1n) is 6.26. The zero-order valence-electron chi connectivity index (χ0n) is 10.3. The van der Waals surface area contributed by atoms with Crippen LogP contribution in [0.5, 0.6) is 0 Å². The summed E-state index contributed by atoms with van der Waals surface area (Å²) in [6.07, 6.45) is 7.34. The Labute approximate surface area is 107 Å². The molecule has 2 aromatic rings. The maximum atomic E-state index is 13.3. The van der Waals surface area contributed by atoms with Gasteiger partial charge in [-0.1, -0.05) is 18.2 Å². The fraction of sp³-hybridized carbons (Fsp3) is 0.357. The standard InChI is InChI=1S/C14H18FN3/c15-14-5-2-1-4-13(14)6-8-16-7-3-10-18-11-9-17-12-18/h1-2,4-5,9,11-12,16H,3,6-8,10H2. The van der Waals surface area contributed by atoms with Crippen LogP contribution < -0.4 is 5.32 Å². The van der Waals surface area contributed by atoms with Crippen LogP contribution in [0, 0.1) is 5.82 Å². The van der Waals surface area contributed by atoms with Crippen LogP contribution in [0.3, 0.4) is 0 Å². The highest BCUT2D eigenvalue weighted by atomic mass is 19.1. The molecule has 0 fully saturated rings. The molecule has 18 heavy (non-hydrogen) atoms. The lowest BCUT2D eigenvalue weighted by Gasteiger charge is -2.06. The number of hydrogen-bond acceptors (Lipinski definition) is 2. The zero-order chi connectivity index (χ0) is 12.6. The fourth-order valence-corrected chi connectivity index (χ4v) is 1.85. The first-order valence-corrected chi connectivity index (χ1v) is 6.26. The minimum Gasteiger partial charge on any atom is -0.337 e. The van der Waals surface area contributed by atoms with E-state index in [9.17, 15) is 4.39 Å². The van der Waals surface area contributed by atoms with E-state index in [0.717, 1.165) is 38.0 Å². The molecule has 0 bridgehead atoms. The molecule has 0 unspecified atom stereocenters. The van der Waals surface area contributed by atoms with Crippen LogP contribution in [0.4, 0.5) is 4.39 Å². The molecule has 0 saturated heterocycles. The topological polar surface area (TPSA) is 29.9 Å². The van der Waals surface area contributed by atoms with Crippen molar-refractivity contribution in [3.8, 4) is 0 Å². The maximum Gasteiger partial charge on any atom is 0.126 e. The summed E-state index contributed by atoms with van der Waals surface area (Å²) in [7, 11) is 0. The monoisotopic (exact) mass is 247 g/mol. The van der Waals surface area contributed by atoms with Gasteiger partial charge >= 0.3 is 0 Å². The number of benzene rings is 1. The Bertz CT molecular complexity index is 454. The number of halogens is 1. The molecular formula is C14H18FN3. The molecule has 3 nitrogen and oxygen atoms in total. The number of nitrogens with zero attached hydrogens (tertiary/aromatic N) is 2. The van der Waals surface area contributed by atoms with Crippen molar-refractivity contribution in [1.82, 2.24) is 14.9 Å². The molecule has 0 aliphatic rings. The number of rotatable bonds is 7. The molecule has 0 atom stereocenters. The Kier molecular flexibility index (Phi) is 4.90. The SMILES string of the molecule is Fc1ccccc1CCNCCCn1ccnc1. The lowest BCUT2D eigenvalue weighted by atomic mass is 10.1. The second kappa shape index (κ2) is 6.91. The Morgan fingerprint density at radius 1 is 1.22 bits per heavy atom. The van der Waals surface area contributed by atoms with E-state index in [2.05, 4.69) is 14.9 Å². The highest BCUT2D eigenvalue weighted by molar-refractivity contribution is 5.17. The summed E-state index contributed by atoms with van der Waals surface area (Å²) >= 11 is 0. The maximum absolute atomic E-state index is 13.3. The van der Waals surface area contributed by atoms with E-state index < -0.39 is 0 Å². The van der Waals surface area contributed by atoms with Crippen molar-refractivity contribution in [3.05, 3.63) is 54.4 Å². The molecule has 1 aromatic carbocycles. The van der Waals surface area contributed by atoms with Gasteiger partial charge in [0.25, 0.3) is 0 Å². The van der Waals surface area contributed by atoms with Crippen LogP contribution in [0.1, 0.15) is 12.0 Å². The molecule has 0 radical (unpaired) electrons. The third-order valence-electron chi connectivity index (χ3n) is 2.86. The summed E-state index contributed by atoms with van der Waals surface area (Å²) in [4.78, 5) is 3.99. The van der Waals surface area contributed by atoms with Crippen LogP contribution in [0.15, 0.2) is 43.0 Å².